The maximum Gasteiger partial charge on any atom is 0.147 e. The largest absolute Gasteiger partial charge is 0.377 e. The van der Waals surface area contributed by atoms with Gasteiger partial charge in [-0.1, -0.05) is 33.6 Å². The Bertz CT molecular complexity index is 555. The molecule has 0 amide bonds. The quantitative estimate of drug-likeness (QED) is 0.834. The van der Waals surface area contributed by atoms with Crippen molar-refractivity contribution in [2.45, 2.75) is 6.54 Å². The molecular weight excluding hydrogens is 324 g/mol. The van der Waals surface area contributed by atoms with Gasteiger partial charge in [0.05, 0.1) is 10.7 Å². The Morgan fingerprint density at radius 2 is 1.94 bits per heavy atom. The first kappa shape index (κ1) is 13.3. The lowest BCUT2D eigenvalue weighted by Crippen LogP contribution is -2.03. The van der Waals surface area contributed by atoms with Crippen LogP contribution >= 0.6 is 27.5 Å². The fourth-order valence-electron chi connectivity index (χ4n) is 1.53. The van der Waals surface area contributed by atoms with E-state index in [1.54, 1.807) is 12.1 Å². The molecule has 0 heterocycles. The van der Waals surface area contributed by atoms with Crippen LogP contribution in [0.2, 0.25) is 5.02 Å². The Labute approximate surface area is 117 Å². The molecule has 0 saturated carbocycles. The predicted octanol–water partition coefficient (Wildman–Crippen LogP) is 4.99. The molecule has 0 radical (unpaired) electrons. The van der Waals surface area contributed by atoms with Crippen molar-refractivity contribution in [2.75, 3.05) is 5.32 Å². The highest BCUT2D eigenvalue weighted by Gasteiger charge is 2.07. The fraction of sp³-hybridized carbons (Fsp3) is 0.0769. The van der Waals surface area contributed by atoms with Gasteiger partial charge in [-0.15, -0.1) is 0 Å². The smallest absolute Gasteiger partial charge is 0.147 e. The average molecular weight is 333 g/mol. The van der Waals surface area contributed by atoms with Crippen LogP contribution in [0.15, 0.2) is 40.9 Å². The number of hydrogen-bond acceptors (Lipinski definition) is 1. The molecule has 0 saturated heterocycles. The first-order chi connectivity index (χ1) is 8.58. The third-order valence-electron chi connectivity index (χ3n) is 2.43. The highest BCUT2D eigenvalue weighted by atomic mass is 79.9. The molecule has 2 aromatic rings. The molecule has 0 atom stereocenters. The third-order valence-corrected chi connectivity index (χ3v) is 3.51. The molecule has 18 heavy (non-hydrogen) atoms. The van der Waals surface area contributed by atoms with Gasteiger partial charge >= 0.3 is 0 Å². The Morgan fingerprint density at radius 3 is 2.67 bits per heavy atom. The van der Waals surface area contributed by atoms with Gasteiger partial charge in [0.2, 0.25) is 0 Å². The summed E-state index contributed by atoms with van der Waals surface area (Å²) in [5, 5.41) is 3.16. The van der Waals surface area contributed by atoms with Crippen LogP contribution in [0, 0.1) is 11.6 Å². The molecule has 0 fully saturated rings. The first-order valence-electron chi connectivity index (χ1n) is 5.20. The van der Waals surface area contributed by atoms with E-state index in [9.17, 15) is 8.78 Å². The number of nitrogens with one attached hydrogen (secondary N) is 1. The molecule has 0 aliphatic rings. The van der Waals surface area contributed by atoms with Gasteiger partial charge in [0.15, 0.2) is 0 Å². The molecule has 1 nitrogen and oxygen atoms in total. The standard InChI is InChI=1S/C13H9BrClF2N/c14-10-5-4-9(16)6-8(10)7-18-13-11(15)2-1-3-12(13)17/h1-6,18H,7H2. The highest BCUT2D eigenvalue weighted by molar-refractivity contribution is 9.10. The van der Waals surface area contributed by atoms with E-state index in [0.717, 1.165) is 4.47 Å². The summed E-state index contributed by atoms with van der Waals surface area (Å²) >= 11 is 9.19. The topological polar surface area (TPSA) is 12.0 Å². The lowest BCUT2D eigenvalue weighted by molar-refractivity contribution is 0.624. The van der Waals surface area contributed by atoms with Gasteiger partial charge in [0, 0.05) is 11.0 Å². The zero-order chi connectivity index (χ0) is 13.1. The van der Waals surface area contributed by atoms with Crippen molar-refractivity contribution in [1.82, 2.24) is 0 Å². The summed E-state index contributed by atoms with van der Waals surface area (Å²) in [6.07, 6.45) is 0. The Kier molecular flexibility index (Phi) is 4.19. The SMILES string of the molecule is Fc1ccc(Br)c(CNc2c(F)cccc2Cl)c1. The first-order valence-corrected chi connectivity index (χ1v) is 6.37. The minimum atomic E-state index is -0.435. The summed E-state index contributed by atoms with van der Waals surface area (Å²) in [7, 11) is 0. The Balaban J connectivity index is 2.19. The lowest BCUT2D eigenvalue weighted by atomic mass is 10.2. The van der Waals surface area contributed by atoms with Gasteiger partial charge in [-0.2, -0.15) is 0 Å². The molecule has 0 bridgehead atoms. The van der Waals surface area contributed by atoms with Crippen molar-refractivity contribution < 1.29 is 8.78 Å². The molecule has 5 heteroatoms. The molecule has 0 aliphatic carbocycles. The summed E-state index contributed by atoms with van der Waals surface area (Å²) in [6.45, 7) is 0.277. The monoisotopic (exact) mass is 331 g/mol. The maximum atomic E-state index is 13.5. The zero-order valence-electron chi connectivity index (χ0n) is 9.18. The second-order valence-corrected chi connectivity index (χ2v) is 4.95. The summed E-state index contributed by atoms with van der Waals surface area (Å²) < 4.78 is 27.3. The second-order valence-electron chi connectivity index (χ2n) is 3.69. The van der Waals surface area contributed by atoms with Crippen LogP contribution in [0.5, 0.6) is 0 Å². The Hall–Kier alpha value is -1.13. The van der Waals surface area contributed by atoms with Crippen LogP contribution in [0.4, 0.5) is 14.5 Å². The van der Waals surface area contributed by atoms with Crippen LogP contribution in [0.1, 0.15) is 5.56 Å². The molecule has 0 spiro atoms. The molecule has 1 N–H and O–H groups in total. The second kappa shape index (κ2) is 5.67. The number of hydrogen-bond donors (Lipinski definition) is 1. The summed E-state index contributed by atoms with van der Waals surface area (Å²) in [4.78, 5) is 0. The highest BCUT2D eigenvalue weighted by Crippen LogP contribution is 2.26. The summed E-state index contributed by atoms with van der Waals surface area (Å²) in [5.41, 5.74) is 0.907. The molecule has 0 aromatic heterocycles. The van der Waals surface area contributed by atoms with Crippen molar-refractivity contribution >= 4 is 33.2 Å². The van der Waals surface area contributed by atoms with Gasteiger partial charge in [0.1, 0.15) is 11.6 Å². The van der Waals surface area contributed by atoms with Crippen molar-refractivity contribution in [3.05, 3.63) is 63.1 Å². The van der Waals surface area contributed by atoms with Crippen LogP contribution in [0.3, 0.4) is 0 Å². The molecule has 0 unspecified atom stereocenters. The number of benzene rings is 2. The van der Waals surface area contributed by atoms with Crippen LogP contribution in [-0.2, 0) is 6.54 Å². The molecule has 94 valence electrons. The Morgan fingerprint density at radius 1 is 1.17 bits per heavy atom. The van der Waals surface area contributed by atoms with Crippen molar-refractivity contribution in [3.63, 3.8) is 0 Å². The van der Waals surface area contributed by atoms with Crippen LogP contribution < -0.4 is 5.32 Å². The van der Waals surface area contributed by atoms with Gasteiger partial charge in [-0.05, 0) is 35.9 Å². The van der Waals surface area contributed by atoms with Crippen molar-refractivity contribution in [2.24, 2.45) is 0 Å². The van der Waals surface area contributed by atoms with E-state index in [0.29, 0.717) is 10.6 Å². The zero-order valence-corrected chi connectivity index (χ0v) is 11.5. The van der Waals surface area contributed by atoms with E-state index in [-0.39, 0.29) is 18.0 Å². The molecule has 0 aliphatic heterocycles. The van der Waals surface area contributed by atoms with Gasteiger partial charge in [0.25, 0.3) is 0 Å². The van der Waals surface area contributed by atoms with E-state index in [1.165, 1.54) is 24.3 Å². The third kappa shape index (κ3) is 3.00. The number of rotatable bonds is 3. The van der Waals surface area contributed by atoms with Gasteiger partial charge in [-0.25, -0.2) is 8.78 Å². The average Bonchev–Trinajstić information content (AvgIpc) is 2.33. The maximum absolute atomic E-state index is 13.5. The summed E-state index contributed by atoms with van der Waals surface area (Å²) in [6, 6.07) is 8.77. The number of halogens is 4. The van der Waals surface area contributed by atoms with Crippen LogP contribution in [0.25, 0.3) is 0 Å². The van der Waals surface area contributed by atoms with E-state index in [2.05, 4.69) is 21.2 Å². The molecule has 2 aromatic carbocycles. The number of para-hydroxylation sites is 1. The minimum Gasteiger partial charge on any atom is -0.377 e. The predicted molar refractivity (Wildman–Crippen MR) is 72.8 cm³/mol. The molecule has 2 rings (SSSR count). The van der Waals surface area contributed by atoms with E-state index in [4.69, 9.17) is 11.6 Å². The van der Waals surface area contributed by atoms with E-state index in [1.807, 2.05) is 0 Å². The minimum absolute atomic E-state index is 0.218. The van der Waals surface area contributed by atoms with Crippen molar-refractivity contribution in [3.8, 4) is 0 Å². The van der Waals surface area contributed by atoms with Crippen LogP contribution in [-0.4, -0.2) is 0 Å². The summed E-state index contributed by atoms with van der Waals surface area (Å²) in [5.74, 6) is -0.773. The normalized spacial score (nSPS) is 10.4. The van der Waals surface area contributed by atoms with Gasteiger partial charge < -0.3 is 5.32 Å². The fourth-order valence-corrected chi connectivity index (χ4v) is 2.15. The molecular formula is C13H9BrClF2N. The lowest BCUT2D eigenvalue weighted by Gasteiger charge is -2.10. The number of anilines is 1. The van der Waals surface area contributed by atoms with E-state index < -0.39 is 5.82 Å². The van der Waals surface area contributed by atoms with Crippen molar-refractivity contribution in [1.29, 1.82) is 0 Å². The van der Waals surface area contributed by atoms with E-state index >= 15 is 0 Å². The van der Waals surface area contributed by atoms with Gasteiger partial charge in [-0.3, -0.25) is 0 Å².